The number of carbonyl (C=O) groups is 1. The molecule has 2 rings (SSSR count). The Morgan fingerprint density at radius 3 is 2.57 bits per heavy atom. The number of hydrogen-bond donors (Lipinski definition) is 2. The van der Waals surface area contributed by atoms with Gasteiger partial charge in [-0.15, -0.1) is 11.3 Å². The maximum absolute atomic E-state index is 12.3. The number of sulfonamides is 1. The number of nitrogens with one attached hydrogen (secondary N) is 2. The number of amides is 1. The Bertz CT molecular complexity index is 779. The fourth-order valence-corrected chi connectivity index (χ4v) is 7.05. The molecule has 2 N–H and O–H groups in total. The van der Waals surface area contributed by atoms with E-state index in [1.807, 2.05) is 0 Å². The predicted octanol–water partition coefficient (Wildman–Crippen LogP) is 0.399. The van der Waals surface area contributed by atoms with Crippen LogP contribution in [-0.2, 0) is 24.7 Å². The van der Waals surface area contributed by atoms with E-state index in [0.29, 0.717) is 5.56 Å². The zero-order valence-electron chi connectivity index (χ0n) is 11.7. The molecule has 118 valence electrons. The molecule has 0 radical (unpaired) electrons. The standard InChI is InChI=1S/C11H16N2O5S3/c1-6-4-9(13-7(2)14)8-5-10(21(17,18)12-3)19-11(8)20(6,15)16/h5-6,9,12H,4H2,1-3H3,(H,13,14). The van der Waals surface area contributed by atoms with Crippen molar-refractivity contribution in [2.24, 2.45) is 0 Å². The second kappa shape index (κ2) is 5.34. The molecular formula is C11H16N2O5S3. The molecule has 1 aliphatic rings. The molecule has 0 aromatic carbocycles. The zero-order valence-corrected chi connectivity index (χ0v) is 14.2. The van der Waals surface area contributed by atoms with E-state index < -0.39 is 31.2 Å². The predicted molar refractivity (Wildman–Crippen MR) is 78.4 cm³/mol. The number of rotatable bonds is 3. The lowest BCUT2D eigenvalue weighted by Crippen LogP contribution is -2.35. The molecule has 2 atom stereocenters. The van der Waals surface area contributed by atoms with Gasteiger partial charge in [-0.1, -0.05) is 0 Å². The lowest BCUT2D eigenvalue weighted by molar-refractivity contribution is -0.119. The van der Waals surface area contributed by atoms with Gasteiger partial charge in [-0.05, 0) is 26.5 Å². The van der Waals surface area contributed by atoms with E-state index in [4.69, 9.17) is 0 Å². The fourth-order valence-electron chi connectivity index (χ4n) is 2.21. The summed E-state index contributed by atoms with van der Waals surface area (Å²) in [5, 5.41) is 2.00. The summed E-state index contributed by atoms with van der Waals surface area (Å²) in [6.07, 6.45) is 0.227. The molecule has 0 aliphatic carbocycles. The highest BCUT2D eigenvalue weighted by molar-refractivity contribution is 7.95. The van der Waals surface area contributed by atoms with Crippen molar-refractivity contribution in [3.8, 4) is 0 Å². The third-order valence-electron chi connectivity index (χ3n) is 3.34. The third kappa shape index (κ3) is 2.85. The van der Waals surface area contributed by atoms with Gasteiger partial charge < -0.3 is 5.32 Å². The average Bonchev–Trinajstić information content (AvgIpc) is 2.82. The first kappa shape index (κ1) is 16.4. The maximum Gasteiger partial charge on any atom is 0.249 e. The van der Waals surface area contributed by atoms with Crippen LogP contribution in [0.5, 0.6) is 0 Å². The van der Waals surface area contributed by atoms with Gasteiger partial charge in [0, 0.05) is 12.5 Å². The molecule has 10 heteroatoms. The van der Waals surface area contributed by atoms with Crippen molar-refractivity contribution in [1.82, 2.24) is 10.0 Å². The van der Waals surface area contributed by atoms with Gasteiger partial charge >= 0.3 is 0 Å². The smallest absolute Gasteiger partial charge is 0.249 e. The molecule has 2 unspecified atom stereocenters. The van der Waals surface area contributed by atoms with Crippen LogP contribution < -0.4 is 10.0 Å². The summed E-state index contributed by atoms with van der Waals surface area (Å²) in [6, 6.07) is 0.837. The van der Waals surface area contributed by atoms with Crippen molar-refractivity contribution in [2.75, 3.05) is 7.05 Å². The summed E-state index contributed by atoms with van der Waals surface area (Å²) in [4.78, 5) is 11.3. The molecule has 1 aromatic rings. The van der Waals surface area contributed by atoms with Gasteiger partial charge in [0.2, 0.25) is 15.9 Å². The van der Waals surface area contributed by atoms with Gasteiger partial charge in [-0.2, -0.15) is 0 Å². The van der Waals surface area contributed by atoms with Crippen LogP contribution in [0.1, 0.15) is 31.9 Å². The van der Waals surface area contributed by atoms with Crippen LogP contribution in [0.15, 0.2) is 14.5 Å². The van der Waals surface area contributed by atoms with E-state index in [1.165, 1.54) is 20.0 Å². The summed E-state index contributed by atoms with van der Waals surface area (Å²) in [7, 11) is -6.02. The van der Waals surface area contributed by atoms with Crippen molar-refractivity contribution in [1.29, 1.82) is 0 Å². The van der Waals surface area contributed by atoms with E-state index >= 15 is 0 Å². The van der Waals surface area contributed by atoms with Crippen LogP contribution in [-0.4, -0.2) is 35.0 Å². The fraction of sp³-hybridized carbons (Fsp3) is 0.545. The Morgan fingerprint density at radius 1 is 1.43 bits per heavy atom. The number of fused-ring (bicyclic) bond motifs is 1. The van der Waals surface area contributed by atoms with Crippen LogP contribution in [0.4, 0.5) is 0 Å². The van der Waals surface area contributed by atoms with Crippen molar-refractivity contribution in [3.05, 3.63) is 11.6 Å². The Morgan fingerprint density at radius 2 is 2.05 bits per heavy atom. The Labute approximate surface area is 127 Å². The van der Waals surface area contributed by atoms with Crippen LogP contribution in [0.2, 0.25) is 0 Å². The maximum atomic E-state index is 12.3. The van der Waals surface area contributed by atoms with Crippen molar-refractivity contribution in [3.63, 3.8) is 0 Å². The van der Waals surface area contributed by atoms with Crippen LogP contribution in [0.3, 0.4) is 0 Å². The van der Waals surface area contributed by atoms with E-state index in [9.17, 15) is 21.6 Å². The molecule has 1 amide bonds. The highest BCUT2D eigenvalue weighted by Gasteiger charge is 2.39. The molecule has 1 aliphatic heterocycles. The van der Waals surface area contributed by atoms with E-state index in [2.05, 4.69) is 10.0 Å². The molecule has 7 nitrogen and oxygen atoms in total. The Hall–Kier alpha value is -0.970. The van der Waals surface area contributed by atoms with E-state index in [0.717, 1.165) is 11.3 Å². The van der Waals surface area contributed by atoms with Gasteiger partial charge in [0.1, 0.15) is 8.42 Å². The Balaban J connectivity index is 2.63. The van der Waals surface area contributed by atoms with Crippen molar-refractivity contribution >= 4 is 37.1 Å². The molecule has 0 saturated heterocycles. The first-order valence-electron chi connectivity index (χ1n) is 6.18. The summed E-state index contributed by atoms with van der Waals surface area (Å²) in [5.41, 5.74) is 0.349. The van der Waals surface area contributed by atoms with E-state index in [-0.39, 0.29) is 20.7 Å². The SMILES string of the molecule is CNS(=O)(=O)c1cc2c(s1)S(=O)(=O)C(C)CC2NC(C)=O. The highest BCUT2D eigenvalue weighted by Crippen LogP contribution is 2.42. The molecular weight excluding hydrogens is 336 g/mol. The largest absolute Gasteiger partial charge is 0.349 e. The second-order valence-electron chi connectivity index (χ2n) is 4.86. The monoisotopic (exact) mass is 352 g/mol. The lowest BCUT2D eigenvalue weighted by Gasteiger charge is -2.27. The van der Waals surface area contributed by atoms with Crippen LogP contribution >= 0.6 is 11.3 Å². The second-order valence-corrected chi connectivity index (χ2v) is 10.6. The quantitative estimate of drug-likeness (QED) is 0.818. The minimum atomic E-state index is -3.72. The molecule has 0 bridgehead atoms. The Kier molecular flexibility index (Phi) is 4.17. The summed E-state index contributed by atoms with van der Waals surface area (Å²) >= 11 is 0.719. The minimum Gasteiger partial charge on any atom is -0.349 e. The lowest BCUT2D eigenvalue weighted by atomic mass is 10.1. The van der Waals surface area contributed by atoms with Gasteiger partial charge in [0.25, 0.3) is 0 Å². The number of hydrogen-bond acceptors (Lipinski definition) is 6. The number of carbonyl (C=O) groups excluding carboxylic acids is 1. The van der Waals surface area contributed by atoms with E-state index in [1.54, 1.807) is 6.92 Å². The molecule has 1 aromatic heterocycles. The average molecular weight is 352 g/mol. The van der Waals surface area contributed by atoms with Gasteiger partial charge in [-0.25, -0.2) is 21.6 Å². The summed E-state index contributed by atoms with van der Waals surface area (Å²) < 4.78 is 50.5. The number of thiophene rings is 1. The van der Waals surface area contributed by atoms with Crippen LogP contribution in [0.25, 0.3) is 0 Å². The summed E-state index contributed by atoms with van der Waals surface area (Å²) in [6.45, 7) is 2.89. The topological polar surface area (TPSA) is 109 Å². The molecule has 0 spiro atoms. The highest BCUT2D eigenvalue weighted by atomic mass is 32.3. The van der Waals surface area contributed by atoms with Gasteiger partial charge in [0.05, 0.1) is 11.3 Å². The zero-order chi connectivity index (χ0) is 16.0. The molecule has 21 heavy (non-hydrogen) atoms. The van der Waals surface area contributed by atoms with Crippen molar-refractivity contribution < 1.29 is 21.6 Å². The molecule has 0 fully saturated rings. The van der Waals surface area contributed by atoms with Crippen molar-refractivity contribution in [2.45, 2.75) is 40.0 Å². The molecule has 2 heterocycles. The molecule has 0 saturated carbocycles. The van der Waals surface area contributed by atoms with Gasteiger partial charge in [-0.3, -0.25) is 4.79 Å². The third-order valence-corrected chi connectivity index (χ3v) is 9.13. The normalized spacial score (nSPS) is 24.3. The van der Waals surface area contributed by atoms with Gasteiger partial charge in [0.15, 0.2) is 9.84 Å². The van der Waals surface area contributed by atoms with Crippen LogP contribution in [0, 0.1) is 0 Å². The number of sulfone groups is 1. The summed E-state index contributed by atoms with van der Waals surface area (Å²) in [5.74, 6) is -0.290. The first-order chi connectivity index (χ1) is 9.59. The first-order valence-corrected chi connectivity index (χ1v) is 10.0. The minimum absolute atomic E-state index is 0.0221.